The second-order valence-electron chi connectivity index (χ2n) is 4.03. The van der Waals surface area contributed by atoms with Crippen LogP contribution in [0.2, 0.25) is 0 Å². The summed E-state index contributed by atoms with van der Waals surface area (Å²) >= 11 is 8.57. The number of hydrogen-bond acceptors (Lipinski definition) is 2. The van der Waals surface area contributed by atoms with Crippen molar-refractivity contribution in [2.45, 2.75) is 20.0 Å². The summed E-state index contributed by atoms with van der Waals surface area (Å²) in [6, 6.07) is 8.04. The van der Waals surface area contributed by atoms with Crippen molar-refractivity contribution in [3.63, 3.8) is 0 Å². The largest absolute Gasteiger partial charge is 0.383 e. The molecule has 2 aromatic rings. The van der Waals surface area contributed by atoms with Crippen molar-refractivity contribution >= 4 is 43.2 Å². The van der Waals surface area contributed by atoms with E-state index in [2.05, 4.69) is 31.9 Å². The quantitative estimate of drug-likeness (QED) is 0.785. The van der Waals surface area contributed by atoms with E-state index in [1.54, 1.807) is 11.3 Å². The number of aryl methyl sites for hydroxylation is 2. The van der Waals surface area contributed by atoms with E-state index in [4.69, 9.17) is 0 Å². The smallest absolute Gasteiger partial charge is 0.114 e. The molecule has 1 N–H and O–H groups in total. The average molecular weight is 376 g/mol. The molecule has 0 amide bonds. The zero-order valence-corrected chi connectivity index (χ0v) is 13.5. The van der Waals surface area contributed by atoms with Gasteiger partial charge in [0.2, 0.25) is 0 Å². The van der Waals surface area contributed by atoms with Crippen LogP contribution in [0.25, 0.3) is 0 Å². The average Bonchev–Trinajstić information content (AvgIpc) is 2.55. The molecule has 0 radical (unpaired) electrons. The third-order valence-electron chi connectivity index (χ3n) is 2.46. The molecule has 0 spiro atoms. The molecule has 1 aromatic heterocycles. The lowest BCUT2D eigenvalue weighted by atomic mass is 10.1. The summed E-state index contributed by atoms with van der Waals surface area (Å²) < 4.78 is 1.97. The van der Waals surface area contributed by atoms with Gasteiger partial charge in [0.1, 0.15) is 6.10 Å². The Bertz CT molecular complexity index is 528. The fourth-order valence-corrected chi connectivity index (χ4v) is 4.27. The van der Waals surface area contributed by atoms with E-state index in [-0.39, 0.29) is 0 Å². The first kappa shape index (κ1) is 13.3. The minimum Gasteiger partial charge on any atom is -0.383 e. The van der Waals surface area contributed by atoms with Gasteiger partial charge in [-0.05, 0) is 59.1 Å². The number of aliphatic hydroxyl groups is 1. The van der Waals surface area contributed by atoms with Gasteiger partial charge in [-0.2, -0.15) is 0 Å². The lowest BCUT2D eigenvalue weighted by molar-refractivity contribution is 0.223. The van der Waals surface area contributed by atoms with Crippen LogP contribution in [0.1, 0.15) is 27.0 Å². The Kier molecular flexibility index (Phi) is 4.08. The van der Waals surface area contributed by atoms with Gasteiger partial charge >= 0.3 is 0 Å². The van der Waals surface area contributed by atoms with Crippen LogP contribution in [-0.4, -0.2) is 5.11 Å². The fraction of sp³-hybridized carbons (Fsp3) is 0.231. The van der Waals surface area contributed by atoms with Gasteiger partial charge in [0.05, 0.1) is 4.88 Å². The van der Waals surface area contributed by atoms with Crippen molar-refractivity contribution in [1.82, 2.24) is 0 Å². The zero-order chi connectivity index (χ0) is 12.6. The summed E-state index contributed by atoms with van der Waals surface area (Å²) in [4.78, 5) is 2.15. The highest BCUT2D eigenvalue weighted by molar-refractivity contribution is 9.10. The Labute approximate surface area is 122 Å². The third kappa shape index (κ3) is 2.99. The van der Waals surface area contributed by atoms with Gasteiger partial charge in [-0.1, -0.05) is 22.0 Å². The molecule has 90 valence electrons. The Morgan fingerprint density at radius 2 is 1.82 bits per heavy atom. The molecule has 1 heterocycles. The number of hydrogen-bond donors (Lipinski definition) is 1. The van der Waals surface area contributed by atoms with Crippen LogP contribution in [0.4, 0.5) is 0 Å². The van der Waals surface area contributed by atoms with Gasteiger partial charge in [-0.15, -0.1) is 11.3 Å². The fourth-order valence-electron chi connectivity index (χ4n) is 1.76. The van der Waals surface area contributed by atoms with Gasteiger partial charge in [0.15, 0.2) is 0 Å². The number of benzene rings is 1. The van der Waals surface area contributed by atoms with Crippen LogP contribution in [0.15, 0.2) is 33.2 Å². The van der Waals surface area contributed by atoms with Crippen LogP contribution in [0, 0.1) is 13.8 Å². The predicted molar refractivity (Wildman–Crippen MR) is 79.7 cm³/mol. The summed E-state index contributed by atoms with van der Waals surface area (Å²) in [5, 5.41) is 10.4. The molecular formula is C13H12Br2OS. The van der Waals surface area contributed by atoms with Gasteiger partial charge in [0, 0.05) is 13.8 Å². The second-order valence-corrected chi connectivity index (χ2v) is 7.09. The Morgan fingerprint density at radius 3 is 2.35 bits per heavy atom. The molecule has 1 unspecified atom stereocenters. The summed E-state index contributed by atoms with van der Waals surface area (Å²) in [6.07, 6.45) is -0.570. The van der Waals surface area contributed by atoms with Crippen molar-refractivity contribution in [3.05, 3.63) is 54.1 Å². The van der Waals surface area contributed by atoms with E-state index < -0.39 is 6.10 Å². The highest BCUT2D eigenvalue weighted by Gasteiger charge is 2.17. The predicted octanol–water partition coefficient (Wildman–Crippen LogP) is 4.97. The molecule has 1 nitrogen and oxygen atoms in total. The molecule has 0 bridgehead atoms. The Morgan fingerprint density at radius 1 is 1.12 bits per heavy atom. The summed E-state index contributed by atoms with van der Waals surface area (Å²) in [5.74, 6) is 0. The summed E-state index contributed by atoms with van der Waals surface area (Å²) in [5.41, 5.74) is 2.05. The van der Waals surface area contributed by atoms with E-state index in [9.17, 15) is 5.11 Å². The molecule has 1 aromatic carbocycles. The van der Waals surface area contributed by atoms with Crippen LogP contribution >= 0.6 is 43.2 Å². The summed E-state index contributed by atoms with van der Waals surface area (Å²) in [6.45, 7) is 4.06. The number of halogens is 2. The van der Waals surface area contributed by atoms with Crippen LogP contribution in [-0.2, 0) is 0 Å². The van der Waals surface area contributed by atoms with E-state index in [1.807, 2.05) is 38.1 Å². The standard InChI is InChI=1S/C13H12Br2OS/c1-7-3-9(6-10(14)4-7)12(16)13-11(15)5-8(2)17-13/h3-6,12,16H,1-2H3. The van der Waals surface area contributed by atoms with Crippen molar-refractivity contribution < 1.29 is 5.11 Å². The number of thiophene rings is 1. The Hall–Kier alpha value is -0.160. The maximum atomic E-state index is 10.4. The lowest BCUT2D eigenvalue weighted by Crippen LogP contribution is -1.98. The second kappa shape index (κ2) is 5.22. The van der Waals surface area contributed by atoms with Crippen molar-refractivity contribution in [1.29, 1.82) is 0 Å². The number of rotatable bonds is 2. The van der Waals surface area contributed by atoms with Crippen LogP contribution < -0.4 is 0 Å². The van der Waals surface area contributed by atoms with Crippen molar-refractivity contribution in [2.24, 2.45) is 0 Å². The molecule has 0 saturated carbocycles. The van der Waals surface area contributed by atoms with E-state index in [0.29, 0.717) is 0 Å². The van der Waals surface area contributed by atoms with Crippen molar-refractivity contribution in [2.75, 3.05) is 0 Å². The normalized spacial score (nSPS) is 12.8. The van der Waals surface area contributed by atoms with Gasteiger partial charge in [0.25, 0.3) is 0 Å². The third-order valence-corrected chi connectivity index (χ3v) is 4.94. The van der Waals surface area contributed by atoms with Gasteiger partial charge < -0.3 is 5.11 Å². The molecule has 17 heavy (non-hydrogen) atoms. The first-order valence-corrected chi connectivity index (χ1v) is 7.58. The minimum absolute atomic E-state index is 0.570. The van der Waals surface area contributed by atoms with Crippen molar-refractivity contribution in [3.8, 4) is 0 Å². The highest BCUT2D eigenvalue weighted by atomic mass is 79.9. The SMILES string of the molecule is Cc1cc(Br)cc(C(O)c2sc(C)cc2Br)c1. The molecule has 0 aliphatic heterocycles. The van der Waals surface area contributed by atoms with E-state index in [0.717, 1.165) is 24.9 Å². The highest BCUT2D eigenvalue weighted by Crippen LogP contribution is 2.36. The molecule has 4 heteroatoms. The molecule has 0 saturated heterocycles. The van der Waals surface area contributed by atoms with E-state index >= 15 is 0 Å². The minimum atomic E-state index is -0.570. The molecule has 0 aliphatic carbocycles. The lowest BCUT2D eigenvalue weighted by Gasteiger charge is -2.11. The molecular weight excluding hydrogens is 364 g/mol. The van der Waals surface area contributed by atoms with Crippen LogP contribution in [0.3, 0.4) is 0 Å². The van der Waals surface area contributed by atoms with E-state index in [1.165, 1.54) is 4.88 Å². The van der Waals surface area contributed by atoms with Crippen LogP contribution in [0.5, 0.6) is 0 Å². The molecule has 1 atom stereocenters. The summed E-state index contributed by atoms with van der Waals surface area (Å²) in [7, 11) is 0. The maximum Gasteiger partial charge on any atom is 0.114 e. The first-order valence-electron chi connectivity index (χ1n) is 5.18. The first-order chi connectivity index (χ1) is 7.97. The monoisotopic (exact) mass is 374 g/mol. The molecule has 0 fully saturated rings. The topological polar surface area (TPSA) is 20.2 Å². The zero-order valence-electron chi connectivity index (χ0n) is 9.50. The van der Waals surface area contributed by atoms with Gasteiger partial charge in [-0.25, -0.2) is 0 Å². The molecule has 0 aliphatic rings. The van der Waals surface area contributed by atoms with Gasteiger partial charge in [-0.3, -0.25) is 0 Å². The maximum absolute atomic E-state index is 10.4. The molecule has 2 rings (SSSR count). The Balaban J connectivity index is 2.43. The number of aliphatic hydroxyl groups excluding tert-OH is 1.